The van der Waals surface area contributed by atoms with Crippen molar-refractivity contribution in [2.24, 2.45) is 11.8 Å². The van der Waals surface area contributed by atoms with Gasteiger partial charge < -0.3 is 4.52 Å². The third-order valence-corrected chi connectivity index (χ3v) is 7.02. The van der Waals surface area contributed by atoms with Crippen LogP contribution in [0, 0.1) is 25.7 Å². The molecule has 0 saturated carbocycles. The highest BCUT2D eigenvalue weighted by Crippen LogP contribution is 2.33. The zero-order chi connectivity index (χ0) is 17.9. The summed E-state index contributed by atoms with van der Waals surface area (Å²) < 4.78 is 9.54. The zero-order valence-electron chi connectivity index (χ0n) is 16.0. The van der Waals surface area contributed by atoms with Crippen LogP contribution < -0.4 is 0 Å². The van der Waals surface area contributed by atoms with Crippen LogP contribution in [0.2, 0.25) is 0 Å². The van der Waals surface area contributed by atoms with Crippen molar-refractivity contribution in [3.63, 3.8) is 0 Å². The maximum absolute atomic E-state index is 5.32. The number of hydrogen-bond acceptors (Lipinski definition) is 6. The van der Waals surface area contributed by atoms with Gasteiger partial charge in [-0.1, -0.05) is 5.16 Å². The van der Waals surface area contributed by atoms with E-state index >= 15 is 0 Å². The lowest BCUT2D eigenvalue weighted by Crippen LogP contribution is -2.40. The van der Waals surface area contributed by atoms with Crippen LogP contribution in [-0.4, -0.2) is 45.5 Å². The van der Waals surface area contributed by atoms with Crippen LogP contribution in [0.3, 0.4) is 0 Å². The molecule has 26 heavy (non-hydrogen) atoms. The van der Waals surface area contributed by atoms with Gasteiger partial charge in [0.25, 0.3) is 0 Å². The Morgan fingerprint density at radius 2 is 1.62 bits per heavy atom. The molecule has 0 aliphatic carbocycles. The van der Waals surface area contributed by atoms with Crippen molar-refractivity contribution >= 4 is 11.5 Å². The van der Waals surface area contributed by atoms with Gasteiger partial charge in [0.05, 0.1) is 5.69 Å². The Kier molecular flexibility index (Phi) is 5.72. The number of piperidine rings is 2. The summed E-state index contributed by atoms with van der Waals surface area (Å²) in [6.45, 7) is 11.1. The van der Waals surface area contributed by atoms with Crippen molar-refractivity contribution in [3.8, 4) is 0 Å². The molecule has 2 fully saturated rings. The highest BCUT2D eigenvalue weighted by Gasteiger charge is 2.30. The van der Waals surface area contributed by atoms with Crippen molar-refractivity contribution in [2.75, 3.05) is 26.2 Å². The molecule has 2 aliphatic heterocycles. The molecule has 0 bridgehead atoms. The van der Waals surface area contributed by atoms with E-state index in [1.807, 2.05) is 13.1 Å². The molecule has 0 aromatic carbocycles. The van der Waals surface area contributed by atoms with Crippen LogP contribution in [-0.2, 0) is 13.1 Å². The summed E-state index contributed by atoms with van der Waals surface area (Å²) in [6.07, 6.45) is 7.45. The van der Waals surface area contributed by atoms with Crippen LogP contribution in [0.1, 0.15) is 48.3 Å². The van der Waals surface area contributed by atoms with Crippen LogP contribution in [0.15, 0.2) is 16.1 Å². The van der Waals surface area contributed by atoms with E-state index in [-0.39, 0.29) is 0 Å². The molecule has 5 nitrogen and oxygen atoms in total. The molecule has 4 rings (SSSR count). The van der Waals surface area contributed by atoms with Crippen molar-refractivity contribution in [2.45, 2.75) is 52.6 Å². The Bertz CT molecular complexity index is 663. The Hall–Kier alpha value is -1.24. The number of hydrogen-bond donors (Lipinski definition) is 0. The van der Waals surface area contributed by atoms with Gasteiger partial charge in [-0.05, 0) is 94.6 Å². The van der Waals surface area contributed by atoms with Gasteiger partial charge in [0.1, 0.15) is 5.76 Å². The van der Waals surface area contributed by atoms with E-state index in [9.17, 15) is 0 Å². The van der Waals surface area contributed by atoms with Gasteiger partial charge in [0.15, 0.2) is 0 Å². The van der Waals surface area contributed by atoms with Gasteiger partial charge >= 0.3 is 0 Å². The summed E-state index contributed by atoms with van der Waals surface area (Å²) in [5, 5.41) is 6.28. The third-order valence-electron chi connectivity index (χ3n) is 6.38. The van der Waals surface area contributed by atoms with Gasteiger partial charge in [-0.2, -0.15) is 0 Å². The molecule has 0 amide bonds. The van der Waals surface area contributed by atoms with Gasteiger partial charge in [-0.3, -0.25) is 9.80 Å². The number of likely N-dealkylation sites (tertiary alicyclic amines) is 2. The van der Waals surface area contributed by atoms with E-state index < -0.39 is 0 Å². The van der Waals surface area contributed by atoms with Crippen molar-refractivity contribution in [1.82, 2.24) is 19.3 Å². The van der Waals surface area contributed by atoms with E-state index in [4.69, 9.17) is 4.52 Å². The van der Waals surface area contributed by atoms with Crippen molar-refractivity contribution < 1.29 is 4.52 Å². The molecule has 0 spiro atoms. The first-order valence-corrected chi connectivity index (χ1v) is 10.8. The van der Waals surface area contributed by atoms with Gasteiger partial charge in [0.2, 0.25) is 0 Å². The average Bonchev–Trinajstić information content (AvgIpc) is 3.28. The monoisotopic (exact) mass is 374 g/mol. The predicted molar refractivity (Wildman–Crippen MR) is 104 cm³/mol. The normalized spacial score (nSPS) is 21.5. The number of rotatable bonds is 5. The minimum absolute atomic E-state index is 0.917. The first-order valence-electron chi connectivity index (χ1n) is 9.93. The minimum Gasteiger partial charge on any atom is -0.361 e. The predicted octanol–water partition coefficient (Wildman–Crippen LogP) is 3.87. The lowest BCUT2D eigenvalue weighted by molar-refractivity contribution is 0.0908. The highest BCUT2D eigenvalue weighted by atomic mass is 32.1. The molecule has 0 radical (unpaired) electrons. The topological polar surface area (TPSA) is 45.4 Å². The molecule has 4 heterocycles. The molecule has 0 atom stereocenters. The van der Waals surface area contributed by atoms with Crippen molar-refractivity contribution in [1.29, 1.82) is 0 Å². The summed E-state index contributed by atoms with van der Waals surface area (Å²) in [5.41, 5.74) is 3.72. The molecule has 2 aromatic rings. The van der Waals surface area contributed by atoms with Crippen LogP contribution >= 0.6 is 11.5 Å². The molecule has 142 valence electrons. The third kappa shape index (κ3) is 4.18. The van der Waals surface area contributed by atoms with Gasteiger partial charge in [-0.25, -0.2) is 4.37 Å². The summed E-state index contributed by atoms with van der Waals surface area (Å²) in [7, 11) is 0. The van der Waals surface area contributed by atoms with E-state index in [0.29, 0.717) is 0 Å². The van der Waals surface area contributed by atoms with Gasteiger partial charge in [0, 0.05) is 30.2 Å². The first kappa shape index (κ1) is 18.1. The lowest BCUT2D eigenvalue weighted by Gasteiger charge is -2.40. The fourth-order valence-corrected chi connectivity index (χ4v) is 5.21. The zero-order valence-corrected chi connectivity index (χ0v) is 16.8. The number of aromatic nitrogens is 2. The standard InChI is InChI=1S/C20H30N4OS/c1-15-20(16(2)25-22-15)13-24-9-5-19(6-10-24)18-3-7-23(8-4-18)12-17-11-21-26-14-17/h11,14,18-19H,3-10,12-13H2,1-2H3. The second-order valence-electron chi connectivity index (χ2n) is 8.06. The van der Waals surface area contributed by atoms with Gasteiger partial charge in [-0.15, -0.1) is 0 Å². The Morgan fingerprint density at radius 1 is 1.00 bits per heavy atom. The fraction of sp³-hybridized carbons (Fsp3) is 0.700. The average molecular weight is 375 g/mol. The fourth-order valence-electron chi connectivity index (χ4n) is 4.68. The van der Waals surface area contributed by atoms with Crippen LogP contribution in [0.25, 0.3) is 0 Å². The van der Waals surface area contributed by atoms with Crippen LogP contribution in [0.5, 0.6) is 0 Å². The van der Waals surface area contributed by atoms with Crippen LogP contribution in [0.4, 0.5) is 0 Å². The van der Waals surface area contributed by atoms with Crippen molar-refractivity contribution in [3.05, 3.63) is 34.2 Å². The van der Waals surface area contributed by atoms with E-state index in [1.165, 1.54) is 63.0 Å². The maximum Gasteiger partial charge on any atom is 0.138 e. The summed E-state index contributed by atoms with van der Waals surface area (Å²) in [4.78, 5) is 5.19. The Balaban J connectivity index is 1.22. The van der Waals surface area contributed by atoms with E-state index in [0.717, 1.165) is 36.4 Å². The largest absolute Gasteiger partial charge is 0.361 e. The summed E-state index contributed by atoms with van der Waals surface area (Å²) in [5.74, 6) is 2.83. The molecule has 6 heteroatoms. The molecule has 2 aliphatic rings. The SMILES string of the molecule is Cc1noc(C)c1CN1CCC(C2CCN(Cc3cnsc3)CC2)CC1. The summed E-state index contributed by atoms with van der Waals surface area (Å²) >= 11 is 1.56. The molecule has 2 aromatic heterocycles. The minimum atomic E-state index is 0.917. The lowest BCUT2D eigenvalue weighted by atomic mass is 9.78. The second kappa shape index (κ2) is 8.19. The maximum atomic E-state index is 5.32. The quantitative estimate of drug-likeness (QED) is 0.795. The first-order chi connectivity index (χ1) is 12.7. The van der Waals surface area contributed by atoms with E-state index in [2.05, 4.69) is 31.6 Å². The summed E-state index contributed by atoms with van der Waals surface area (Å²) in [6, 6.07) is 0. The molecule has 0 N–H and O–H groups in total. The molecule has 2 saturated heterocycles. The Labute approximate surface area is 160 Å². The second-order valence-corrected chi connectivity index (χ2v) is 8.72. The molecular formula is C20H30N4OS. The van der Waals surface area contributed by atoms with E-state index in [1.54, 1.807) is 11.5 Å². The Morgan fingerprint density at radius 3 is 2.12 bits per heavy atom. The number of aryl methyl sites for hydroxylation is 2. The molecule has 0 unspecified atom stereocenters. The number of nitrogens with zero attached hydrogens (tertiary/aromatic N) is 4. The molecular weight excluding hydrogens is 344 g/mol. The smallest absolute Gasteiger partial charge is 0.138 e. The highest BCUT2D eigenvalue weighted by molar-refractivity contribution is 7.03.